The minimum atomic E-state index is -0.969. The third-order valence-electron chi connectivity index (χ3n) is 4.57. The van der Waals surface area contributed by atoms with Gasteiger partial charge in [-0.15, -0.1) is 0 Å². The predicted molar refractivity (Wildman–Crippen MR) is 139 cm³/mol. The van der Waals surface area contributed by atoms with Crippen molar-refractivity contribution in [1.29, 1.82) is 0 Å². The number of hydrazone groups is 1. The van der Waals surface area contributed by atoms with Crippen molar-refractivity contribution in [3.05, 3.63) is 82.3 Å². The molecule has 0 aliphatic carbocycles. The van der Waals surface area contributed by atoms with Gasteiger partial charge in [0.05, 0.1) is 25.0 Å². The zero-order valence-electron chi connectivity index (χ0n) is 19.6. The van der Waals surface area contributed by atoms with Crippen LogP contribution in [0.5, 0.6) is 17.2 Å². The van der Waals surface area contributed by atoms with Crippen LogP contribution in [0.4, 0.5) is 5.69 Å². The summed E-state index contributed by atoms with van der Waals surface area (Å²) in [4.78, 5) is 36.8. The van der Waals surface area contributed by atoms with Crippen LogP contribution in [0.3, 0.4) is 0 Å². The number of esters is 1. The van der Waals surface area contributed by atoms with Gasteiger partial charge in [-0.2, -0.15) is 5.10 Å². The first kappa shape index (κ1) is 26.4. The molecule has 10 heteroatoms. The molecule has 0 saturated heterocycles. The quantitative estimate of drug-likeness (QED) is 0.132. The molecule has 9 nitrogen and oxygen atoms in total. The molecule has 0 aromatic heterocycles. The highest BCUT2D eigenvalue weighted by Gasteiger charge is 2.14. The molecule has 36 heavy (non-hydrogen) atoms. The van der Waals surface area contributed by atoms with Gasteiger partial charge in [0.1, 0.15) is 17.2 Å². The van der Waals surface area contributed by atoms with Crippen LogP contribution in [0.1, 0.15) is 29.8 Å². The lowest BCUT2D eigenvalue weighted by Gasteiger charge is -2.09. The zero-order chi connectivity index (χ0) is 25.9. The van der Waals surface area contributed by atoms with Gasteiger partial charge in [-0.3, -0.25) is 9.59 Å². The van der Waals surface area contributed by atoms with Crippen LogP contribution in [0.25, 0.3) is 0 Å². The van der Waals surface area contributed by atoms with Crippen molar-refractivity contribution in [3.8, 4) is 17.2 Å². The summed E-state index contributed by atoms with van der Waals surface area (Å²) in [5, 5.41) is 6.29. The summed E-state index contributed by atoms with van der Waals surface area (Å²) < 4.78 is 16.9. The highest BCUT2D eigenvalue weighted by molar-refractivity contribution is 9.10. The summed E-state index contributed by atoms with van der Waals surface area (Å²) in [6.07, 6.45) is 1.27. The van der Waals surface area contributed by atoms with Gasteiger partial charge in [-0.05, 0) is 80.6 Å². The van der Waals surface area contributed by atoms with Crippen LogP contribution in [-0.4, -0.2) is 37.2 Å². The van der Waals surface area contributed by atoms with E-state index < -0.39 is 17.8 Å². The number of amides is 2. The van der Waals surface area contributed by atoms with E-state index in [1.165, 1.54) is 6.21 Å². The Bertz CT molecular complexity index is 1240. The molecule has 3 aromatic carbocycles. The topological polar surface area (TPSA) is 115 Å². The minimum Gasteiger partial charge on any atom is -0.494 e. The van der Waals surface area contributed by atoms with Gasteiger partial charge in [0.25, 0.3) is 0 Å². The van der Waals surface area contributed by atoms with Crippen LogP contribution in [0.15, 0.2) is 76.3 Å². The second-order valence-electron chi connectivity index (χ2n) is 7.14. The SMILES string of the molecule is CCOc1ccc(NC(=O)C(=O)NN=Cc2cc(Br)ccc2OC(=O)c2ccc(OCC)cc2)cc1. The molecule has 0 bridgehead atoms. The molecular formula is C26H24BrN3O6. The molecule has 0 atom stereocenters. The number of carbonyl (C=O) groups excluding carboxylic acids is 3. The van der Waals surface area contributed by atoms with Crippen LogP contribution in [0.2, 0.25) is 0 Å². The van der Waals surface area contributed by atoms with Gasteiger partial charge in [0, 0.05) is 15.7 Å². The highest BCUT2D eigenvalue weighted by atomic mass is 79.9. The molecule has 0 radical (unpaired) electrons. The maximum absolute atomic E-state index is 12.6. The Morgan fingerprint density at radius 2 is 1.47 bits per heavy atom. The number of hydrogen-bond acceptors (Lipinski definition) is 7. The Kier molecular flexibility index (Phi) is 9.58. The number of ether oxygens (including phenoxy) is 3. The molecule has 0 fully saturated rings. The summed E-state index contributed by atoms with van der Waals surface area (Å²) in [6.45, 7) is 4.77. The van der Waals surface area contributed by atoms with Crippen molar-refractivity contribution < 1.29 is 28.6 Å². The monoisotopic (exact) mass is 553 g/mol. The summed E-state index contributed by atoms with van der Waals surface area (Å²) >= 11 is 3.35. The van der Waals surface area contributed by atoms with Crippen molar-refractivity contribution in [2.45, 2.75) is 13.8 Å². The average Bonchev–Trinajstić information content (AvgIpc) is 2.87. The first-order valence-electron chi connectivity index (χ1n) is 11.0. The Labute approximate surface area is 216 Å². The van der Waals surface area contributed by atoms with Crippen LogP contribution >= 0.6 is 15.9 Å². The lowest BCUT2D eigenvalue weighted by molar-refractivity contribution is -0.136. The van der Waals surface area contributed by atoms with Gasteiger partial charge >= 0.3 is 17.8 Å². The third-order valence-corrected chi connectivity index (χ3v) is 5.07. The number of nitrogens with zero attached hydrogens (tertiary/aromatic N) is 1. The molecule has 2 N–H and O–H groups in total. The van der Waals surface area contributed by atoms with E-state index in [1.54, 1.807) is 66.7 Å². The largest absolute Gasteiger partial charge is 0.494 e. The summed E-state index contributed by atoms with van der Waals surface area (Å²) in [5.41, 5.74) is 3.32. The Morgan fingerprint density at radius 1 is 0.861 bits per heavy atom. The molecule has 0 spiro atoms. The maximum Gasteiger partial charge on any atom is 0.343 e. The van der Waals surface area contributed by atoms with E-state index in [0.717, 1.165) is 0 Å². The van der Waals surface area contributed by atoms with Crippen LogP contribution in [-0.2, 0) is 9.59 Å². The van der Waals surface area contributed by atoms with Crippen molar-refractivity contribution in [2.75, 3.05) is 18.5 Å². The van der Waals surface area contributed by atoms with Gasteiger partial charge < -0.3 is 19.5 Å². The molecule has 3 aromatic rings. The number of nitrogens with one attached hydrogen (secondary N) is 2. The molecule has 3 rings (SSSR count). The summed E-state index contributed by atoms with van der Waals surface area (Å²) in [5.74, 6) is -0.927. The molecule has 0 unspecified atom stereocenters. The maximum atomic E-state index is 12.6. The molecule has 2 amide bonds. The number of anilines is 1. The fourth-order valence-corrected chi connectivity index (χ4v) is 3.30. The Hall–Kier alpha value is -4.18. The number of rotatable bonds is 9. The van der Waals surface area contributed by atoms with E-state index in [0.29, 0.717) is 46.0 Å². The molecular weight excluding hydrogens is 530 g/mol. The van der Waals surface area contributed by atoms with Crippen LogP contribution < -0.4 is 25.0 Å². The van der Waals surface area contributed by atoms with Crippen molar-refractivity contribution in [3.63, 3.8) is 0 Å². The van der Waals surface area contributed by atoms with E-state index in [2.05, 4.69) is 31.8 Å². The molecule has 0 aliphatic heterocycles. The second-order valence-corrected chi connectivity index (χ2v) is 8.06. The average molecular weight is 554 g/mol. The number of hydrogen-bond donors (Lipinski definition) is 2. The van der Waals surface area contributed by atoms with Crippen molar-refractivity contribution >= 4 is 45.6 Å². The van der Waals surface area contributed by atoms with Gasteiger partial charge in [-0.25, -0.2) is 10.2 Å². The van der Waals surface area contributed by atoms with Gasteiger partial charge in [-0.1, -0.05) is 15.9 Å². The van der Waals surface area contributed by atoms with E-state index in [9.17, 15) is 14.4 Å². The van der Waals surface area contributed by atoms with Crippen molar-refractivity contribution in [1.82, 2.24) is 5.43 Å². The lowest BCUT2D eigenvalue weighted by atomic mass is 10.2. The summed E-state index contributed by atoms with van der Waals surface area (Å²) in [6, 6.07) is 18.1. The van der Waals surface area contributed by atoms with E-state index in [-0.39, 0.29) is 5.75 Å². The van der Waals surface area contributed by atoms with E-state index >= 15 is 0 Å². The van der Waals surface area contributed by atoms with E-state index in [4.69, 9.17) is 14.2 Å². The Morgan fingerprint density at radius 3 is 2.08 bits per heavy atom. The third kappa shape index (κ3) is 7.67. The fraction of sp³-hybridized carbons (Fsp3) is 0.154. The number of halogens is 1. The zero-order valence-corrected chi connectivity index (χ0v) is 21.2. The smallest absolute Gasteiger partial charge is 0.343 e. The minimum absolute atomic E-state index is 0.217. The van der Waals surface area contributed by atoms with E-state index in [1.807, 2.05) is 13.8 Å². The normalized spacial score (nSPS) is 10.5. The first-order chi connectivity index (χ1) is 17.4. The lowest BCUT2D eigenvalue weighted by Crippen LogP contribution is -2.32. The fourth-order valence-electron chi connectivity index (χ4n) is 2.93. The van der Waals surface area contributed by atoms with Crippen molar-refractivity contribution in [2.24, 2.45) is 5.10 Å². The van der Waals surface area contributed by atoms with Gasteiger partial charge in [0.2, 0.25) is 0 Å². The molecule has 186 valence electrons. The number of benzene rings is 3. The molecule has 0 heterocycles. The predicted octanol–water partition coefficient (Wildman–Crippen LogP) is 4.55. The van der Waals surface area contributed by atoms with Gasteiger partial charge in [0.15, 0.2) is 0 Å². The summed E-state index contributed by atoms with van der Waals surface area (Å²) in [7, 11) is 0. The number of carbonyl (C=O) groups is 3. The first-order valence-corrected chi connectivity index (χ1v) is 11.8. The second kappa shape index (κ2) is 13.1. The molecule has 0 aliphatic rings. The molecule has 0 saturated carbocycles. The van der Waals surface area contributed by atoms with Crippen LogP contribution in [0, 0.1) is 0 Å². The standard InChI is InChI=1S/C26H24BrN3O6/c1-3-34-21-10-5-17(6-11-21)26(33)36-23-14-7-19(27)15-18(23)16-28-30-25(32)24(31)29-20-8-12-22(13-9-20)35-4-2/h5-16H,3-4H2,1-2H3,(H,29,31)(H,30,32). The Balaban J connectivity index is 1.61. The highest BCUT2D eigenvalue weighted by Crippen LogP contribution is 2.23.